The lowest BCUT2D eigenvalue weighted by Crippen LogP contribution is -1.97. The van der Waals surface area contributed by atoms with Crippen LogP contribution in [0.15, 0.2) is 42.5 Å². The molecular formula is C17H16N2O2. The lowest BCUT2D eigenvalue weighted by atomic mass is 10.1. The van der Waals surface area contributed by atoms with Crippen molar-refractivity contribution in [1.29, 1.82) is 0 Å². The Kier molecular flexibility index (Phi) is 2.99. The fourth-order valence-corrected chi connectivity index (χ4v) is 2.59. The molecular weight excluding hydrogens is 264 g/mol. The molecule has 0 saturated heterocycles. The zero-order valence-corrected chi connectivity index (χ0v) is 11.6. The Bertz CT molecular complexity index is 722. The van der Waals surface area contributed by atoms with Crippen molar-refractivity contribution < 1.29 is 9.47 Å². The van der Waals surface area contributed by atoms with Crippen LogP contribution in [0, 0.1) is 0 Å². The molecule has 106 valence electrons. The second-order valence-corrected chi connectivity index (χ2v) is 5.21. The summed E-state index contributed by atoms with van der Waals surface area (Å²) >= 11 is 0. The number of hydrogen-bond donors (Lipinski definition) is 1. The summed E-state index contributed by atoms with van der Waals surface area (Å²) in [5.41, 5.74) is 3.15. The first-order valence-corrected chi connectivity index (χ1v) is 7.21. The van der Waals surface area contributed by atoms with Crippen LogP contribution in [0.1, 0.15) is 17.8 Å². The predicted molar refractivity (Wildman–Crippen MR) is 80.9 cm³/mol. The molecule has 3 aromatic rings. The molecule has 4 heteroatoms. The lowest BCUT2D eigenvalue weighted by molar-refractivity contribution is 0.297. The van der Waals surface area contributed by atoms with Crippen molar-refractivity contribution in [3.05, 3.63) is 53.9 Å². The summed E-state index contributed by atoms with van der Waals surface area (Å²) in [5.74, 6) is 2.55. The van der Waals surface area contributed by atoms with Crippen LogP contribution in [0.25, 0.3) is 11.0 Å². The Morgan fingerprint density at radius 1 is 1.00 bits per heavy atom. The van der Waals surface area contributed by atoms with E-state index in [-0.39, 0.29) is 0 Å². The average molecular weight is 280 g/mol. The summed E-state index contributed by atoms with van der Waals surface area (Å²) in [7, 11) is 0. The Balaban J connectivity index is 1.70. The highest BCUT2D eigenvalue weighted by Gasteiger charge is 2.14. The van der Waals surface area contributed by atoms with Crippen molar-refractivity contribution in [2.24, 2.45) is 0 Å². The monoisotopic (exact) mass is 280 g/mol. The predicted octanol–water partition coefficient (Wildman–Crippen LogP) is 3.32. The van der Waals surface area contributed by atoms with Crippen molar-refractivity contribution in [3.8, 4) is 11.5 Å². The molecule has 0 spiro atoms. The molecule has 1 aliphatic rings. The summed E-state index contributed by atoms with van der Waals surface area (Å²) in [6, 6.07) is 14.3. The van der Waals surface area contributed by atoms with E-state index in [1.807, 2.05) is 30.3 Å². The van der Waals surface area contributed by atoms with Gasteiger partial charge >= 0.3 is 0 Å². The summed E-state index contributed by atoms with van der Waals surface area (Å²) in [4.78, 5) is 8.02. The summed E-state index contributed by atoms with van der Waals surface area (Å²) in [6.45, 7) is 1.39. The van der Waals surface area contributed by atoms with Gasteiger partial charge in [-0.15, -0.1) is 0 Å². The fraction of sp³-hybridized carbons (Fsp3) is 0.235. The van der Waals surface area contributed by atoms with E-state index in [0.717, 1.165) is 41.2 Å². The van der Waals surface area contributed by atoms with Crippen molar-refractivity contribution in [3.63, 3.8) is 0 Å². The molecule has 0 atom stereocenters. The standard InChI is InChI=1S/C17H16N2O2/c1-2-5-12(6-3-1)9-17-18-13-10-15-16(11-14(13)19-17)21-8-4-7-20-15/h1-3,5-6,10-11H,4,7-9H2,(H,18,19). The highest BCUT2D eigenvalue weighted by Crippen LogP contribution is 2.33. The number of imidazole rings is 1. The highest BCUT2D eigenvalue weighted by atomic mass is 16.5. The number of nitrogens with one attached hydrogen (secondary N) is 1. The van der Waals surface area contributed by atoms with Crippen molar-refractivity contribution in [2.75, 3.05) is 13.2 Å². The van der Waals surface area contributed by atoms with Gasteiger partial charge in [0, 0.05) is 25.0 Å². The fourth-order valence-electron chi connectivity index (χ4n) is 2.59. The third-order valence-electron chi connectivity index (χ3n) is 3.61. The first kappa shape index (κ1) is 12.3. The van der Waals surface area contributed by atoms with E-state index in [0.29, 0.717) is 13.2 Å². The zero-order chi connectivity index (χ0) is 14.1. The van der Waals surface area contributed by atoms with Crippen LogP contribution in [-0.2, 0) is 6.42 Å². The van der Waals surface area contributed by atoms with Gasteiger partial charge in [-0.2, -0.15) is 0 Å². The number of hydrogen-bond acceptors (Lipinski definition) is 3. The maximum absolute atomic E-state index is 5.71. The molecule has 2 heterocycles. The van der Waals surface area contributed by atoms with Gasteiger partial charge in [-0.1, -0.05) is 30.3 Å². The van der Waals surface area contributed by atoms with E-state index in [9.17, 15) is 0 Å². The topological polar surface area (TPSA) is 47.1 Å². The number of H-pyrrole nitrogens is 1. The van der Waals surface area contributed by atoms with Gasteiger partial charge in [-0.05, 0) is 5.56 Å². The minimum atomic E-state index is 0.694. The summed E-state index contributed by atoms with van der Waals surface area (Å²) < 4.78 is 11.4. The van der Waals surface area contributed by atoms with E-state index < -0.39 is 0 Å². The second kappa shape index (κ2) is 5.13. The van der Waals surface area contributed by atoms with Crippen LogP contribution in [0.5, 0.6) is 11.5 Å². The van der Waals surface area contributed by atoms with Gasteiger partial charge < -0.3 is 14.5 Å². The highest BCUT2D eigenvalue weighted by molar-refractivity contribution is 5.79. The quantitative estimate of drug-likeness (QED) is 0.783. The number of fused-ring (bicyclic) bond motifs is 2. The summed E-state index contributed by atoms with van der Waals surface area (Å²) in [5, 5.41) is 0. The number of nitrogens with zero attached hydrogens (tertiary/aromatic N) is 1. The Morgan fingerprint density at radius 2 is 1.76 bits per heavy atom. The molecule has 21 heavy (non-hydrogen) atoms. The molecule has 0 amide bonds. The molecule has 1 aliphatic heterocycles. The molecule has 1 aromatic heterocycles. The smallest absolute Gasteiger partial charge is 0.163 e. The first-order valence-electron chi connectivity index (χ1n) is 7.21. The minimum Gasteiger partial charge on any atom is -0.489 e. The van der Waals surface area contributed by atoms with Crippen molar-refractivity contribution >= 4 is 11.0 Å². The van der Waals surface area contributed by atoms with E-state index >= 15 is 0 Å². The van der Waals surface area contributed by atoms with Crippen LogP contribution < -0.4 is 9.47 Å². The van der Waals surface area contributed by atoms with Crippen LogP contribution in [0.2, 0.25) is 0 Å². The molecule has 0 aliphatic carbocycles. The van der Waals surface area contributed by atoms with E-state index in [1.165, 1.54) is 5.56 Å². The summed E-state index contributed by atoms with van der Waals surface area (Å²) in [6.07, 6.45) is 1.71. The zero-order valence-electron chi connectivity index (χ0n) is 11.6. The van der Waals surface area contributed by atoms with Gasteiger partial charge in [0.05, 0.1) is 24.2 Å². The van der Waals surface area contributed by atoms with Gasteiger partial charge in [0.2, 0.25) is 0 Å². The van der Waals surface area contributed by atoms with E-state index in [1.54, 1.807) is 0 Å². The van der Waals surface area contributed by atoms with E-state index in [2.05, 4.69) is 22.1 Å². The number of benzene rings is 2. The third-order valence-corrected chi connectivity index (χ3v) is 3.61. The Labute approximate surface area is 122 Å². The Morgan fingerprint density at radius 3 is 2.57 bits per heavy atom. The van der Waals surface area contributed by atoms with Crippen molar-refractivity contribution in [1.82, 2.24) is 9.97 Å². The molecule has 0 fully saturated rings. The average Bonchev–Trinajstić information content (AvgIpc) is 2.74. The Hall–Kier alpha value is -2.49. The van der Waals surface area contributed by atoms with Gasteiger partial charge in [0.15, 0.2) is 11.5 Å². The maximum atomic E-state index is 5.71. The number of rotatable bonds is 2. The van der Waals surface area contributed by atoms with Gasteiger partial charge in [-0.3, -0.25) is 0 Å². The number of ether oxygens (including phenoxy) is 2. The third kappa shape index (κ3) is 2.44. The molecule has 0 radical (unpaired) electrons. The van der Waals surface area contributed by atoms with Crippen LogP contribution in [0.4, 0.5) is 0 Å². The molecule has 0 saturated carbocycles. The molecule has 4 nitrogen and oxygen atoms in total. The largest absolute Gasteiger partial charge is 0.489 e. The molecule has 2 aromatic carbocycles. The molecule has 4 rings (SSSR count). The molecule has 1 N–H and O–H groups in total. The van der Waals surface area contributed by atoms with Crippen LogP contribution in [-0.4, -0.2) is 23.2 Å². The first-order chi connectivity index (χ1) is 10.4. The van der Waals surface area contributed by atoms with E-state index in [4.69, 9.17) is 9.47 Å². The van der Waals surface area contributed by atoms with Crippen molar-refractivity contribution in [2.45, 2.75) is 12.8 Å². The van der Waals surface area contributed by atoms with Gasteiger partial charge in [0.1, 0.15) is 5.82 Å². The normalized spacial score (nSPS) is 14.1. The van der Waals surface area contributed by atoms with Crippen LogP contribution in [0.3, 0.4) is 0 Å². The number of aromatic nitrogens is 2. The van der Waals surface area contributed by atoms with Gasteiger partial charge in [-0.25, -0.2) is 4.98 Å². The molecule has 0 bridgehead atoms. The second-order valence-electron chi connectivity index (χ2n) is 5.21. The van der Waals surface area contributed by atoms with Gasteiger partial charge in [0.25, 0.3) is 0 Å². The molecule has 0 unspecified atom stereocenters. The maximum Gasteiger partial charge on any atom is 0.163 e. The SMILES string of the molecule is c1ccc(Cc2nc3cc4c(cc3[nH]2)OCCCO4)cc1. The number of aromatic amines is 1. The van der Waals surface area contributed by atoms with Crippen LogP contribution >= 0.6 is 0 Å². The minimum absolute atomic E-state index is 0.694. The lowest BCUT2D eigenvalue weighted by Gasteiger charge is -2.05.